The summed E-state index contributed by atoms with van der Waals surface area (Å²) in [5.41, 5.74) is 0.471. The molecule has 0 saturated carbocycles. The molecule has 1 aromatic rings. The maximum atomic E-state index is 12.2. The van der Waals surface area contributed by atoms with E-state index < -0.39 is 28.7 Å². The van der Waals surface area contributed by atoms with E-state index in [1.807, 2.05) is 27.7 Å². The molecule has 1 atom stereocenters. The molecule has 1 aromatic carbocycles. The fraction of sp³-hybridized carbons (Fsp3) is 0.588. The van der Waals surface area contributed by atoms with Gasteiger partial charge in [-0.15, -0.1) is 0 Å². The van der Waals surface area contributed by atoms with Crippen LogP contribution in [0.5, 0.6) is 0 Å². The van der Waals surface area contributed by atoms with Gasteiger partial charge in [0.25, 0.3) is 0 Å². The Kier molecular flexibility index (Phi) is 5.80. The summed E-state index contributed by atoms with van der Waals surface area (Å²) in [6.07, 6.45) is 0.564. The number of benzene rings is 1. The molecule has 0 radical (unpaired) electrons. The smallest absolute Gasteiger partial charge is 0.410 e. The van der Waals surface area contributed by atoms with Gasteiger partial charge in [0.05, 0.1) is 17.5 Å². The summed E-state index contributed by atoms with van der Waals surface area (Å²) < 4.78 is 31.6. The minimum Gasteiger partial charge on any atom is -0.444 e. The van der Waals surface area contributed by atoms with Crippen LogP contribution in [0.4, 0.5) is 4.79 Å². The van der Waals surface area contributed by atoms with Crippen molar-refractivity contribution in [2.45, 2.75) is 57.1 Å². The van der Waals surface area contributed by atoms with Crippen molar-refractivity contribution in [3.63, 3.8) is 0 Å². The third kappa shape index (κ3) is 5.37. The summed E-state index contributed by atoms with van der Waals surface area (Å²) in [5.74, 6) is 0. The molecule has 1 unspecified atom stereocenters. The standard InChI is InChI=1S/C17H27NO5S/c1-13-7-9-15(10-8-13)24(20,21)23-14-6-5-11-18(12-14)16(19)22-17(2,3)4/h7-10,14,20-21H,5-6,11-12H2,1-4H3. The molecule has 0 aliphatic carbocycles. The van der Waals surface area contributed by atoms with E-state index in [1.165, 1.54) is 0 Å². The highest BCUT2D eigenvalue weighted by Crippen LogP contribution is 2.50. The maximum Gasteiger partial charge on any atom is 0.410 e. The van der Waals surface area contributed by atoms with E-state index in [0.717, 1.165) is 12.0 Å². The zero-order chi connectivity index (χ0) is 18.0. The molecule has 2 N–H and O–H groups in total. The molecule has 1 aliphatic rings. The van der Waals surface area contributed by atoms with Gasteiger partial charge in [0.15, 0.2) is 0 Å². The molecule has 1 saturated heterocycles. The van der Waals surface area contributed by atoms with Gasteiger partial charge in [-0.1, -0.05) is 17.7 Å². The molecule has 7 heteroatoms. The number of nitrogens with zero attached hydrogens (tertiary/aromatic N) is 1. The quantitative estimate of drug-likeness (QED) is 0.836. The number of amides is 1. The van der Waals surface area contributed by atoms with Crippen LogP contribution >= 0.6 is 10.9 Å². The van der Waals surface area contributed by atoms with Gasteiger partial charge in [0.2, 0.25) is 0 Å². The van der Waals surface area contributed by atoms with Gasteiger partial charge in [-0.2, -0.15) is 0 Å². The average molecular weight is 357 g/mol. The molecule has 0 spiro atoms. The minimum absolute atomic E-state index is 0.288. The fourth-order valence-corrected chi connectivity index (χ4v) is 3.61. The Labute approximate surface area is 145 Å². The van der Waals surface area contributed by atoms with Gasteiger partial charge in [0, 0.05) is 6.54 Å². The van der Waals surface area contributed by atoms with Crippen LogP contribution < -0.4 is 0 Å². The molecule has 1 heterocycles. The van der Waals surface area contributed by atoms with E-state index in [4.69, 9.17) is 8.92 Å². The minimum atomic E-state index is -3.34. The lowest BCUT2D eigenvalue weighted by Crippen LogP contribution is -2.45. The van der Waals surface area contributed by atoms with E-state index in [0.29, 0.717) is 17.9 Å². The van der Waals surface area contributed by atoms with Crippen LogP contribution in [0.3, 0.4) is 0 Å². The molecule has 1 fully saturated rings. The van der Waals surface area contributed by atoms with Crippen LogP contribution in [-0.4, -0.2) is 44.9 Å². The van der Waals surface area contributed by atoms with E-state index in [2.05, 4.69) is 0 Å². The van der Waals surface area contributed by atoms with Gasteiger partial charge in [-0.3, -0.25) is 4.18 Å². The average Bonchev–Trinajstić information content (AvgIpc) is 2.45. The van der Waals surface area contributed by atoms with E-state index in [1.54, 1.807) is 29.2 Å². The van der Waals surface area contributed by atoms with E-state index in [9.17, 15) is 13.9 Å². The van der Waals surface area contributed by atoms with E-state index >= 15 is 0 Å². The lowest BCUT2D eigenvalue weighted by Gasteiger charge is -2.37. The largest absolute Gasteiger partial charge is 0.444 e. The fourth-order valence-electron chi connectivity index (χ4n) is 2.47. The normalized spacial score (nSPS) is 19.9. The second-order valence-corrected chi connectivity index (χ2v) is 8.75. The van der Waals surface area contributed by atoms with Crippen LogP contribution in [0.15, 0.2) is 29.2 Å². The third-order valence-electron chi connectivity index (χ3n) is 3.63. The summed E-state index contributed by atoms with van der Waals surface area (Å²) in [6.45, 7) is 8.25. The SMILES string of the molecule is Cc1ccc(S(O)(O)OC2CCCN(C(=O)OC(C)(C)C)C2)cc1. The highest BCUT2D eigenvalue weighted by molar-refractivity contribution is 8.20. The summed E-state index contributed by atoms with van der Waals surface area (Å²) in [6, 6.07) is 6.92. The molecule has 6 nitrogen and oxygen atoms in total. The van der Waals surface area contributed by atoms with Crippen molar-refractivity contribution in [1.82, 2.24) is 4.90 Å². The number of piperidine rings is 1. The molecule has 136 valence electrons. The number of rotatable bonds is 3. The molecular formula is C17H27NO5S. The number of carbonyl (C=O) groups excluding carboxylic acids is 1. The van der Waals surface area contributed by atoms with Gasteiger partial charge in [-0.05, 0) is 52.7 Å². The van der Waals surface area contributed by atoms with Crippen LogP contribution in [-0.2, 0) is 8.92 Å². The number of hydrogen-bond acceptors (Lipinski definition) is 5. The van der Waals surface area contributed by atoms with Crippen molar-refractivity contribution in [3.05, 3.63) is 29.8 Å². The number of aryl methyl sites for hydroxylation is 1. The predicted molar refractivity (Wildman–Crippen MR) is 94.2 cm³/mol. The lowest BCUT2D eigenvalue weighted by molar-refractivity contribution is 0.00672. The molecule has 1 amide bonds. The van der Waals surface area contributed by atoms with Crippen molar-refractivity contribution >= 4 is 17.0 Å². The Morgan fingerprint density at radius 1 is 1.25 bits per heavy atom. The van der Waals surface area contributed by atoms with Crippen molar-refractivity contribution < 1.29 is 22.8 Å². The third-order valence-corrected chi connectivity index (χ3v) is 5.05. The summed E-state index contributed by atoms with van der Waals surface area (Å²) in [7, 11) is -3.34. The van der Waals surface area contributed by atoms with Crippen LogP contribution in [0.2, 0.25) is 0 Å². The summed E-state index contributed by atoms with van der Waals surface area (Å²) in [5, 5.41) is 0. The second kappa shape index (κ2) is 7.31. The zero-order valence-corrected chi connectivity index (χ0v) is 15.5. The molecule has 0 bridgehead atoms. The predicted octanol–water partition coefficient (Wildman–Crippen LogP) is 4.44. The summed E-state index contributed by atoms with van der Waals surface area (Å²) >= 11 is 0. The molecule has 1 aliphatic heterocycles. The monoisotopic (exact) mass is 357 g/mol. The summed E-state index contributed by atoms with van der Waals surface area (Å²) in [4.78, 5) is 14.1. The van der Waals surface area contributed by atoms with Crippen LogP contribution in [0, 0.1) is 6.92 Å². The molecular weight excluding hydrogens is 330 g/mol. The van der Waals surface area contributed by atoms with Crippen LogP contribution in [0.25, 0.3) is 0 Å². The number of ether oxygens (including phenoxy) is 1. The van der Waals surface area contributed by atoms with E-state index in [-0.39, 0.29) is 6.54 Å². The van der Waals surface area contributed by atoms with Crippen molar-refractivity contribution in [1.29, 1.82) is 0 Å². The molecule has 2 rings (SSSR count). The second-order valence-electron chi connectivity index (χ2n) is 7.10. The highest BCUT2D eigenvalue weighted by atomic mass is 32.3. The number of hydrogen-bond donors (Lipinski definition) is 2. The van der Waals surface area contributed by atoms with Gasteiger partial charge < -0.3 is 18.7 Å². The molecule has 0 aromatic heterocycles. The topological polar surface area (TPSA) is 79.2 Å². The zero-order valence-electron chi connectivity index (χ0n) is 14.7. The molecule has 24 heavy (non-hydrogen) atoms. The highest BCUT2D eigenvalue weighted by Gasteiger charge is 2.32. The van der Waals surface area contributed by atoms with Gasteiger partial charge >= 0.3 is 6.09 Å². The lowest BCUT2D eigenvalue weighted by atomic mass is 10.1. The van der Waals surface area contributed by atoms with Crippen molar-refractivity contribution in [2.75, 3.05) is 13.1 Å². The first-order valence-electron chi connectivity index (χ1n) is 8.08. The number of likely N-dealkylation sites (tertiary alicyclic amines) is 1. The first-order chi connectivity index (χ1) is 11.1. The van der Waals surface area contributed by atoms with Gasteiger partial charge in [0.1, 0.15) is 16.5 Å². The first kappa shape index (κ1) is 19.1. The van der Waals surface area contributed by atoms with Crippen molar-refractivity contribution in [2.24, 2.45) is 0 Å². The Morgan fingerprint density at radius 2 is 1.88 bits per heavy atom. The Morgan fingerprint density at radius 3 is 2.46 bits per heavy atom. The first-order valence-corrected chi connectivity index (χ1v) is 9.55. The Balaban J connectivity index is 1.99. The van der Waals surface area contributed by atoms with Gasteiger partial charge in [-0.25, -0.2) is 4.79 Å². The Bertz CT molecular complexity index is 567. The van der Waals surface area contributed by atoms with Crippen LogP contribution in [0.1, 0.15) is 39.2 Å². The Hall–Kier alpha value is -1.28. The maximum absolute atomic E-state index is 12.2. The van der Waals surface area contributed by atoms with Crippen molar-refractivity contribution in [3.8, 4) is 0 Å². The number of carbonyl (C=O) groups is 1.